The van der Waals surface area contributed by atoms with E-state index >= 15 is 0 Å². The van der Waals surface area contributed by atoms with E-state index in [1.807, 2.05) is 80.6 Å². The first-order valence-electron chi connectivity index (χ1n) is 8.86. The molecule has 0 aliphatic rings. The van der Waals surface area contributed by atoms with Crippen LogP contribution in [0.5, 0.6) is 5.75 Å². The van der Waals surface area contributed by atoms with Crippen LogP contribution in [0, 0.1) is 0 Å². The van der Waals surface area contributed by atoms with Crippen molar-refractivity contribution < 1.29 is 9.53 Å². The molecule has 0 bridgehead atoms. The summed E-state index contributed by atoms with van der Waals surface area (Å²) in [6.45, 7) is 4.90. The van der Waals surface area contributed by atoms with Crippen LogP contribution in [0.2, 0.25) is 0 Å². The topological polar surface area (TPSA) is 50.4 Å². The van der Waals surface area contributed by atoms with Gasteiger partial charge in [0.2, 0.25) is 5.91 Å². The van der Waals surface area contributed by atoms with E-state index in [1.165, 1.54) is 0 Å². The minimum atomic E-state index is -0.0545. The van der Waals surface area contributed by atoms with Crippen molar-refractivity contribution in [3.8, 4) is 5.75 Å². The van der Waals surface area contributed by atoms with Gasteiger partial charge in [-0.15, -0.1) is 0 Å². The van der Waals surface area contributed by atoms with Gasteiger partial charge in [0.1, 0.15) is 5.75 Å². The van der Waals surface area contributed by atoms with Gasteiger partial charge < -0.3 is 15.4 Å². The molecule has 0 radical (unpaired) electrons. The van der Waals surface area contributed by atoms with Crippen LogP contribution >= 0.6 is 0 Å². The number of fused-ring (bicyclic) bond motifs is 1. The fraction of sp³-hybridized carbons (Fsp3) is 0.227. The third-order valence-electron chi connectivity index (χ3n) is 3.97. The molecule has 0 atom stereocenters. The van der Waals surface area contributed by atoms with E-state index in [0.29, 0.717) is 6.54 Å². The first-order valence-corrected chi connectivity index (χ1v) is 8.86. The molecule has 0 spiro atoms. The van der Waals surface area contributed by atoms with Gasteiger partial charge in [0, 0.05) is 17.6 Å². The average molecular weight is 348 g/mol. The molecule has 3 rings (SSSR count). The molecule has 4 nitrogen and oxygen atoms in total. The lowest BCUT2D eigenvalue weighted by molar-refractivity contribution is -0.115. The number of hydrogen-bond acceptors (Lipinski definition) is 3. The van der Waals surface area contributed by atoms with Gasteiger partial charge in [-0.25, -0.2) is 0 Å². The number of hydrogen-bond donors (Lipinski definition) is 2. The predicted octanol–water partition coefficient (Wildman–Crippen LogP) is 4.36. The lowest BCUT2D eigenvalue weighted by atomic mass is 10.1. The highest BCUT2D eigenvalue weighted by atomic mass is 16.5. The van der Waals surface area contributed by atoms with E-state index in [4.69, 9.17) is 4.74 Å². The fourth-order valence-corrected chi connectivity index (χ4v) is 2.81. The van der Waals surface area contributed by atoms with Crippen LogP contribution in [0.4, 0.5) is 5.69 Å². The summed E-state index contributed by atoms with van der Waals surface area (Å²) in [6.07, 6.45) is 0.164. The molecule has 0 aliphatic carbocycles. The first-order chi connectivity index (χ1) is 12.6. The van der Waals surface area contributed by atoms with Crippen molar-refractivity contribution in [1.29, 1.82) is 0 Å². The molecule has 2 N–H and O–H groups in total. The fourth-order valence-electron chi connectivity index (χ4n) is 2.81. The maximum Gasteiger partial charge on any atom is 0.238 e. The Morgan fingerprint density at radius 3 is 2.46 bits per heavy atom. The minimum absolute atomic E-state index is 0.0545. The zero-order valence-electron chi connectivity index (χ0n) is 15.2. The van der Waals surface area contributed by atoms with Crippen LogP contribution in [0.15, 0.2) is 66.7 Å². The van der Waals surface area contributed by atoms with Crippen LogP contribution in [-0.2, 0) is 11.3 Å². The summed E-state index contributed by atoms with van der Waals surface area (Å²) in [5.41, 5.74) is 1.95. The van der Waals surface area contributed by atoms with Gasteiger partial charge in [0.05, 0.1) is 12.6 Å². The molecule has 0 unspecified atom stereocenters. The summed E-state index contributed by atoms with van der Waals surface area (Å²) in [5.74, 6) is 0.804. The van der Waals surface area contributed by atoms with Gasteiger partial charge in [0.15, 0.2) is 0 Å². The zero-order valence-corrected chi connectivity index (χ0v) is 15.2. The Morgan fingerprint density at radius 2 is 1.69 bits per heavy atom. The van der Waals surface area contributed by atoms with E-state index in [2.05, 4.69) is 10.6 Å². The van der Waals surface area contributed by atoms with Crippen LogP contribution < -0.4 is 15.4 Å². The van der Waals surface area contributed by atoms with Crippen molar-refractivity contribution in [2.45, 2.75) is 26.5 Å². The van der Waals surface area contributed by atoms with Crippen molar-refractivity contribution in [2.75, 3.05) is 11.9 Å². The number of benzene rings is 3. The Morgan fingerprint density at radius 1 is 0.962 bits per heavy atom. The molecular formula is C22H24N2O2. The molecule has 4 heteroatoms. The van der Waals surface area contributed by atoms with E-state index in [-0.39, 0.29) is 18.6 Å². The van der Waals surface area contributed by atoms with Crippen molar-refractivity contribution in [3.05, 3.63) is 72.3 Å². The summed E-state index contributed by atoms with van der Waals surface area (Å²) >= 11 is 0. The highest BCUT2D eigenvalue weighted by Gasteiger charge is 2.05. The molecule has 1 amide bonds. The number of amides is 1. The normalized spacial score (nSPS) is 10.9. The second-order valence-electron chi connectivity index (χ2n) is 6.49. The molecule has 0 saturated heterocycles. The molecular weight excluding hydrogens is 324 g/mol. The van der Waals surface area contributed by atoms with Crippen LogP contribution in [0.1, 0.15) is 19.4 Å². The van der Waals surface area contributed by atoms with Crippen LogP contribution in [0.25, 0.3) is 10.8 Å². The Labute approximate surface area is 154 Å². The molecule has 0 heterocycles. The second kappa shape index (κ2) is 8.50. The highest BCUT2D eigenvalue weighted by molar-refractivity contribution is 6.02. The summed E-state index contributed by atoms with van der Waals surface area (Å²) < 4.78 is 5.63. The summed E-state index contributed by atoms with van der Waals surface area (Å²) in [4.78, 5) is 12.2. The van der Waals surface area contributed by atoms with Crippen LogP contribution in [-0.4, -0.2) is 18.6 Å². The maximum absolute atomic E-state index is 12.2. The van der Waals surface area contributed by atoms with E-state index in [1.54, 1.807) is 0 Å². The zero-order chi connectivity index (χ0) is 18.4. The van der Waals surface area contributed by atoms with Crippen molar-refractivity contribution >= 4 is 22.4 Å². The Bertz CT molecular complexity index is 867. The largest absolute Gasteiger partial charge is 0.491 e. The molecule has 0 aromatic heterocycles. The lowest BCUT2D eigenvalue weighted by Gasteiger charge is -2.11. The second-order valence-corrected chi connectivity index (χ2v) is 6.49. The molecule has 0 saturated carbocycles. The molecule has 0 aliphatic heterocycles. The lowest BCUT2D eigenvalue weighted by Crippen LogP contribution is -2.27. The molecule has 26 heavy (non-hydrogen) atoms. The number of nitrogens with one attached hydrogen (secondary N) is 2. The van der Waals surface area contributed by atoms with Crippen molar-refractivity contribution in [3.63, 3.8) is 0 Å². The standard InChI is InChI=1S/C22H24N2O2/c1-16(2)26-19-12-10-17(11-13-19)14-23-15-22(25)24-21-9-5-7-18-6-3-4-8-20(18)21/h3-13,16,23H,14-15H2,1-2H3,(H,24,25). The van der Waals surface area contributed by atoms with E-state index in [9.17, 15) is 4.79 Å². The van der Waals surface area contributed by atoms with Gasteiger partial charge in [-0.05, 0) is 43.0 Å². The molecule has 0 fully saturated rings. The smallest absolute Gasteiger partial charge is 0.238 e. The number of rotatable bonds is 7. The summed E-state index contributed by atoms with van der Waals surface area (Å²) in [5, 5.41) is 8.32. The van der Waals surface area contributed by atoms with Gasteiger partial charge >= 0.3 is 0 Å². The highest BCUT2D eigenvalue weighted by Crippen LogP contribution is 2.22. The summed E-state index contributed by atoms with van der Waals surface area (Å²) in [7, 11) is 0. The first kappa shape index (κ1) is 18.0. The number of carbonyl (C=O) groups excluding carboxylic acids is 1. The molecule has 3 aromatic carbocycles. The van der Waals surface area contributed by atoms with Gasteiger partial charge in [-0.1, -0.05) is 48.5 Å². The molecule has 3 aromatic rings. The number of anilines is 1. The monoisotopic (exact) mass is 348 g/mol. The predicted molar refractivity (Wildman–Crippen MR) is 106 cm³/mol. The van der Waals surface area contributed by atoms with Gasteiger partial charge in [-0.3, -0.25) is 4.79 Å². The maximum atomic E-state index is 12.2. The summed E-state index contributed by atoms with van der Waals surface area (Å²) in [6, 6.07) is 21.8. The molecule has 134 valence electrons. The van der Waals surface area contributed by atoms with Gasteiger partial charge in [0.25, 0.3) is 0 Å². The Kier molecular flexibility index (Phi) is 5.87. The van der Waals surface area contributed by atoms with E-state index < -0.39 is 0 Å². The Hall–Kier alpha value is -2.85. The Balaban J connectivity index is 1.51. The number of carbonyl (C=O) groups is 1. The van der Waals surface area contributed by atoms with Gasteiger partial charge in [-0.2, -0.15) is 0 Å². The SMILES string of the molecule is CC(C)Oc1ccc(CNCC(=O)Nc2cccc3ccccc23)cc1. The average Bonchev–Trinajstić information content (AvgIpc) is 2.63. The number of ether oxygens (including phenoxy) is 1. The van der Waals surface area contributed by atoms with Crippen molar-refractivity contribution in [1.82, 2.24) is 5.32 Å². The third-order valence-corrected chi connectivity index (χ3v) is 3.97. The quantitative estimate of drug-likeness (QED) is 0.667. The minimum Gasteiger partial charge on any atom is -0.491 e. The van der Waals surface area contributed by atoms with Crippen molar-refractivity contribution in [2.24, 2.45) is 0 Å². The van der Waals surface area contributed by atoms with Crippen LogP contribution in [0.3, 0.4) is 0 Å². The third kappa shape index (κ3) is 4.83. The van der Waals surface area contributed by atoms with E-state index in [0.717, 1.165) is 27.8 Å².